The van der Waals surface area contributed by atoms with Crippen molar-refractivity contribution in [3.8, 4) is 0 Å². The fourth-order valence-corrected chi connectivity index (χ4v) is 2.85. The van der Waals surface area contributed by atoms with Gasteiger partial charge in [-0.15, -0.1) is 0 Å². The summed E-state index contributed by atoms with van der Waals surface area (Å²) in [4.78, 5) is 42.4. The van der Waals surface area contributed by atoms with Gasteiger partial charge in [0.1, 0.15) is 0 Å². The Morgan fingerprint density at radius 1 is 1.26 bits per heavy atom. The SMILES string of the molecule is Cc1cccc2c(=O)n(CCCC(=O)N(C)CC(=O)NC(C)(C)C)cnc12. The molecule has 146 valence electrons. The van der Waals surface area contributed by atoms with Crippen molar-refractivity contribution in [2.24, 2.45) is 0 Å². The molecule has 0 bridgehead atoms. The number of aryl methyl sites for hydroxylation is 2. The smallest absolute Gasteiger partial charge is 0.261 e. The molecule has 2 amide bonds. The molecule has 0 aliphatic rings. The van der Waals surface area contributed by atoms with Crippen LogP contribution in [-0.4, -0.2) is 45.4 Å². The Morgan fingerprint density at radius 3 is 2.63 bits per heavy atom. The first-order valence-electron chi connectivity index (χ1n) is 9.08. The number of rotatable bonds is 6. The maximum atomic E-state index is 12.5. The Balaban J connectivity index is 1.91. The quantitative estimate of drug-likeness (QED) is 0.839. The zero-order valence-electron chi connectivity index (χ0n) is 16.7. The molecule has 2 rings (SSSR count). The van der Waals surface area contributed by atoms with E-state index in [1.165, 1.54) is 15.8 Å². The number of nitrogens with zero attached hydrogens (tertiary/aromatic N) is 3. The Hall–Kier alpha value is -2.70. The highest BCUT2D eigenvalue weighted by molar-refractivity contribution is 5.85. The van der Waals surface area contributed by atoms with E-state index in [1.54, 1.807) is 13.1 Å². The van der Waals surface area contributed by atoms with Gasteiger partial charge in [-0.2, -0.15) is 0 Å². The minimum absolute atomic E-state index is 0.0207. The Kier molecular flexibility index (Phi) is 6.36. The van der Waals surface area contributed by atoms with Crippen LogP contribution < -0.4 is 10.9 Å². The molecule has 0 saturated heterocycles. The largest absolute Gasteiger partial charge is 0.350 e. The van der Waals surface area contributed by atoms with Gasteiger partial charge in [0.05, 0.1) is 23.8 Å². The maximum Gasteiger partial charge on any atom is 0.261 e. The first-order chi connectivity index (χ1) is 12.6. The molecule has 27 heavy (non-hydrogen) atoms. The van der Waals surface area contributed by atoms with Crippen molar-refractivity contribution in [1.82, 2.24) is 19.8 Å². The summed E-state index contributed by atoms with van der Waals surface area (Å²) in [6, 6.07) is 5.52. The van der Waals surface area contributed by atoms with E-state index >= 15 is 0 Å². The van der Waals surface area contributed by atoms with Crippen LogP contribution in [0.2, 0.25) is 0 Å². The third-order valence-electron chi connectivity index (χ3n) is 4.17. The van der Waals surface area contributed by atoms with Gasteiger partial charge < -0.3 is 10.2 Å². The second kappa shape index (κ2) is 8.33. The fourth-order valence-electron chi connectivity index (χ4n) is 2.85. The Labute approximate surface area is 159 Å². The molecule has 7 nitrogen and oxygen atoms in total. The molecule has 1 aromatic carbocycles. The van der Waals surface area contributed by atoms with Gasteiger partial charge in [0.15, 0.2) is 0 Å². The zero-order chi connectivity index (χ0) is 20.2. The average molecular weight is 372 g/mol. The Bertz CT molecular complexity index is 896. The molecular weight excluding hydrogens is 344 g/mol. The van der Waals surface area contributed by atoms with Gasteiger partial charge >= 0.3 is 0 Å². The third-order valence-corrected chi connectivity index (χ3v) is 4.17. The number of carbonyl (C=O) groups excluding carboxylic acids is 2. The number of hydrogen-bond donors (Lipinski definition) is 1. The average Bonchev–Trinajstić information content (AvgIpc) is 2.55. The highest BCUT2D eigenvalue weighted by atomic mass is 16.2. The molecule has 2 aromatic rings. The predicted octanol–water partition coefficient (Wildman–Crippen LogP) is 1.86. The molecule has 0 atom stereocenters. The molecular formula is C20H28N4O3. The minimum atomic E-state index is -0.330. The van der Waals surface area contributed by atoms with Crippen molar-refractivity contribution < 1.29 is 9.59 Å². The van der Waals surface area contributed by atoms with Crippen LogP contribution in [0.1, 0.15) is 39.2 Å². The van der Waals surface area contributed by atoms with E-state index in [0.29, 0.717) is 23.9 Å². The molecule has 0 spiro atoms. The van der Waals surface area contributed by atoms with Crippen LogP contribution in [0.3, 0.4) is 0 Å². The van der Waals surface area contributed by atoms with E-state index in [2.05, 4.69) is 10.3 Å². The lowest BCUT2D eigenvalue weighted by Crippen LogP contribution is -2.46. The summed E-state index contributed by atoms with van der Waals surface area (Å²) in [5, 5.41) is 3.41. The second-order valence-corrected chi connectivity index (χ2v) is 7.87. The number of para-hydroxylation sites is 1. The summed E-state index contributed by atoms with van der Waals surface area (Å²) < 4.78 is 1.53. The van der Waals surface area contributed by atoms with Gasteiger partial charge in [-0.05, 0) is 45.7 Å². The molecule has 0 radical (unpaired) electrons. The van der Waals surface area contributed by atoms with Crippen LogP contribution in [0, 0.1) is 6.92 Å². The molecule has 0 unspecified atom stereocenters. The van der Waals surface area contributed by atoms with Gasteiger partial charge in [-0.3, -0.25) is 19.0 Å². The van der Waals surface area contributed by atoms with Gasteiger partial charge in [-0.25, -0.2) is 4.98 Å². The molecule has 1 N–H and O–H groups in total. The summed E-state index contributed by atoms with van der Waals surface area (Å²) in [7, 11) is 1.61. The second-order valence-electron chi connectivity index (χ2n) is 7.87. The predicted molar refractivity (Wildman–Crippen MR) is 106 cm³/mol. The lowest BCUT2D eigenvalue weighted by Gasteiger charge is -2.23. The van der Waals surface area contributed by atoms with Crippen molar-refractivity contribution in [3.05, 3.63) is 40.4 Å². The number of amides is 2. The number of hydrogen-bond acceptors (Lipinski definition) is 4. The fraction of sp³-hybridized carbons (Fsp3) is 0.500. The van der Waals surface area contributed by atoms with Crippen molar-refractivity contribution in [1.29, 1.82) is 0 Å². The van der Waals surface area contributed by atoms with Crippen molar-refractivity contribution in [3.63, 3.8) is 0 Å². The van der Waals surface area contributed by atoms with E-state index < -0.39 is 0 Å². The lowest BCUT2D eigenvalue weighted by molar-refractivity contribution is -0.135. The lowest BCUT2D eigenvalue weighted by atomic mass is 10.1. The number of likely N-dealkylation sites (N-methyl/N-ethyl adjacent to an activating group) is 1. The van der Waals surface area contributed by atoms with Gasteiger partial charge in [0.25, 0.3) is 5.56 Å². The van der Waals surface area contributed by atoms with Crippen LogP contribution in [-0.2, 0) is 16.1 Å². The molecule has 0 fully saturated rings. The molecule has 1 aromatic heterocycles. The van der Waals surface area contributed by atoms with E-state index in [-0.39, 0.29) is 35.9 Å². The van der Waals surface area contributed by atoms with E-state index in [0.717, 1.165) is 5.56 Å². The zero-order valence-corrected chi connectivity index (χ0v) is 16.7. The highest BCUT2D eigenvalue weighted by Crippen LogP contribution is 2.11. The van der Waals surface area contributed by atoms with Gasteiger partial charge in [0, 0.05) is 25.6 Å². The van der Waals surface area contributed by atoms with Crippen LogP contribution in [0.5, 0.6) is 0 Å². The maximum absolute atomic E-state index is 12.5. The van der Waals surface area contributed by atoms with Crippen LogP contribution in [0.4, 0.5) is 0 Å². The van der Waals surface area contributed by atoms with Crippen LogP contribution in [0.15, 0.2) is 29.3 Å². The minimum Gasteiger partial charge on any atom is -0.350 e. The summed E-state index contributed by atoms with van der Waals surface area (Å²) in [5.41, 5.74) is 1.24. The van der Waals surface area contributed by atoms with Crippen molar-refractivity contribution in [2.75, 3.05) is 13.6 Å². The normalized spacial score (nSPS) is 11.4. The van der Waals surface area contributed by atoms with Crippen LogP contribution in [0.25, 0.3) is 10.9 Å². The van der Waals surface area contributed by atoms with E-state index in [4.69, 9.17) is 0 Å². The number of fused-ring (bicyclic) bond motifs is 1. The third kappa shape index (κ3) is 5.64. The number of carbonyl (C=O) groups is 2. The molecule has 7 heteroatoms. The topological polar surface area (TPSA) is 84.3 Å². The molecule has 0 aliphatic carbocycles. The molecule has 0 saturated carbocycles. The number of benzene rings is 1. The first-order valence-corrected chi connectivity index (χ1v) is 9.08. The number of aromatic nitrogens is 2. The van der Waals surface area contributed by atoms with Gasteiger partial charge in [0.2, 0.25) is 11.8 Å². The van der Waals surface area contributed by atoms with Gasteiger partial charge in [-0.1, -0.05) is 12.1 Å². The summed E-state index contributed by atoms with van der Waals surface area (Å²) >= 11 is 0. The molecule has 0 aliphatic heterocycles. The summed E-state index contributed by atoms with van der Waals surface area (Å²) in [6.07, 6.45) is 2.29. The first kappa shape index (κ1) is 20.6. The highest BCUT2D eigenvalue weighted by Gasteiger charge is 2.17. The molecule has 1 heterocycles. The van der Waals surface area contributed by atoms with E-state index in [1.807, 2.05) is 39.8 Å². The van der Waals surface area contributed by atoms with Crippen LogP contribution >= 0.6 is 0 Å². The van der Waals surface area contributed by atoms with Crippen molar-refractivity contribution >= 4 is 22.7 Å². The summed E-state index contributed by atoms with van der Waals surface area (Å²) in [6.45, 7) is 8.02. The number of nitrogens with one attached hydrogen (secondary N) is 1. The standard InChI is InChI=1S/C20H28N4O3/c1-14-8-6-9-15-18(14)21-13-24(19(15)27)11-7-10-17(26)23(5)12-16(25)22-20(2,3)4/h6,8-9,13H,7,10-12H2,1-5H3,(H,22,25). The van der Waals surface area contributed by atoms with E-state index in [9.17, 15) is 14.4 Å². The Morgan fingerprint density at radius 2 is 1.96 bits per heavy atom. The summed E-state index contributed by atoms with van der Waals surface area (Å²) in [5.74, 6) is -0.319. The monoisotopic (exact) mass is 372 g/mol. The van der Waals surface area contributed by atoms with Crippen molar-refractivity contribution in [2.45, 2.75) is 52.6 Å².